The minimum absolute atomic E-state index is 0.0218. The molecule has 1 atom stereocenters. The number of methoxy groups -OCH3 is 1. The van der Waals surface area contributed by atoms with Crippen LogP contribution in [0.2, 0.25) is 0 Å². The van der Waals surface area contributed by atoms with Gasteiger partial charge in [0.1, 0.15) is 17.6 Å². The van der Waals surface area contributed by atoms with Crippen molar-refractivity contribution < 1.29 is 9.47 Å². The highest BCUT2D eigenvalue weighted by Gasteiger charge is 2.06. The van der Waals surface area contributed by atoms with E-state index in [9.17, 15) is 0 Å². The Morgan fingerprint density at radius 1 is 1.40 bits per heavy atom. The van der Waals surface area contributed by atoms with Crippen molar-refractivity contribution in [1.82, 2.24) is 10.6 Å². The van der Waals surface area contributed by atoms with Gasteiger partial charge in [-0.3, -0.25) is 4.99 Å². The molecule has 1 aromatic carbocycles. The number of terminal acetylenes is 1. The van der Waals surface area contributed by atoms with Crippen molar-refractivity contribution in [3.63, 3.8) is 0 Å². The Labute approximate surface area is 120 Å². The van der Waals surface area contributed by atoms with Gasteiger partial charge in [-0.15, -0.1) is 6.42 Å². The molecule has 0 spiro atoms. The summed E-state index contributed by atoms with van der Waals surface area (Å²) < 4.78 is 10.9. The van der Waals surface area contributed by atoms with Crippen LogP contribution in [0.25, 0.3) is 0 Å². The summed E-state index contributed by atoms with van der Waals surface area (Å²) in [6, 6.07) is 7.51. The van der Waals surface area contributed by atoms with Gasteiger partial charge in [-0.05, 0) is 19.1 Å². The largest absolute Gasteiger partial charge is 0.497 e. The third-order valence-corrected chi connectivity index (χ3v) is 2.52. The average Bonchev–Trinajstić information content (AvgIpc) is 2.47. The van der Waals surface area contributed by atoms with E-state index in [0.717, 1.165) is 11.5 Å². The van der Waals surface area contributed by atoms with Crippen molar-refractivity contribution in [2.75, 3.05) is 27.2 Å². The van der Waals surface area contributed by atoms with Crippen molar-refractivity contribution in [2.24, 2.45) is 4.99 Å². The Kier molecular flexibility index (Phi) is 6.83. The quantitative estimate of drug-likeness (QED) is 0.466. The highest BCUT2D eigenvalue weighted by atomic mass is 16.5. The van der Waals surface area contributed by atoms with Crippen LogP contribution in [-0.2, 0) is 0 Å². The zero-order valence-electron chi connectivity index (χ0n) is 12.1. The molecular formula is C15H21N3O2. The number of hydrogen-bond acceptors (Lipinski definition) is 3. The molecule has 0 saturated heterocycles. The average molecular weight is 275 g/mol. The molecule has 5 nitrogen and oxygen atoms in total. The van der Waals surface area contributed by atoms with Gasteiger partial charge in [0, 0.05) is 13.1 Å². The minimum atomic E-state index is -0.0218. The predicted molar refractivity (Wildman–Crippen MR) is 81.3 cm³/mol. The Morgan fingerprint density at radius 3 is 2.80 bits per heavy atom. The van der Waals surface area contributed by atoms with Crippen LogP contribution in [0.1, 0.15) is 6.92 Å². The second-order valence-electron chi connectivity index (χ2n) is 4.12. The van der Waals surface area contributed by atoms with Gasteiger partial charge in [-0.2, -0.15) is 0 Å². The van der Waals surface area contributed by atoms with Crippen molar-refractivity contribution in [1.29, 1.82) is 0 Å². The molecule has 0 amide bonds. The van der Waals surface area contributed by atoms with E-state index < -0.39 is 0 Å². The molecule has 1 rings (SSSR count). The summed E-state index contributed by atoms with van der Waals surface area (Å²) in [5, 5.41) is 6.12. The molecule has 0 radical (unpaired) electrons. The smallest absolute Gasteiger partial charge is 0.191 e. The summed E-state index contributed by atoms with van der Waals surface area (Å²) >= 11 is 0. The van der Waals surface area contributed by atoms with Crippen LogP contribution in [0.4, 0.5) is 0 Å². The lowest BCUT2D eigenvalue weighted by Gasteiger charge is -2.17. The lowest BCUT2D eigenvalue weighted by Crippen LogP contribution is -2.41. The summed E-state index contributed by atoms with van der Waals surface area (Å²) in [4.78, 5) is 4.06. The number of nitrogens with one attached hydrogen (secondary N) is 2. The third kappa shape index (κ3) is 5.53. The molecule has 1 aromatic rings. The summed E-state index contributed by atoms with van der Waals surface area (Å²) in [5.74, 6) is 4.69. The molecule has 5 heteroatoms. The number of rotatable bonds is 6. The number of ether oxygens (including phenoxy) is 2. The first kappa shape index (κ1) is 15.7. The Bertz CT molecular complexity index is 480. The zero-order chi connectivity index (χ0) is 14.8. The van der Waals surface area contributed by atoms with Gasteiger partial charge in [0.15, 0.2) is 5.96 Å². The van der Waals surface area contributed by atoms with Crippen LogP contribution in [-0.4, -0.2) is 39.3 Å². The molecule has 20 heavy (non-hydrogen) atoms. The van der Waals surface area contributed by atoms with E-state index in [1.54, 1.807) is 14.2 Å². The first-order valence-corrected chi connectivity index (χ1v) is 6.38. The molecule has 0 saturated carbocycles. The van der Waals surface area contributed by atoms with Gasteiger partial charge in [0.2, 0.25) is 0 Å². The second-order valence-corrected chi connectivity index (χ2v) is 4.12. The van der Waals surface area contributed by atoms with E-state index in [1.807, 2.05) is 31.2 Å². The van der Waals surface area contributed by atoms with Crippen LogP contribution < -0.4 is 20.1 Å². The van der Waals surface area contributed by atoms with Crippen LogP contribution in [0.5, 0.6) is 11.5 Å². The lowest BCUT2D eigenvalue weighted by atomic mass is 10.3. The summed E-state index contributed by atoms with van der Waals surface area (Å²) in [7, 11) is 3.32. The van der Waals surface area contributed by atoms with Crippen LogP contribution in [0.15, 0.2) is 29.3 Å². The fourth-order valence-electron chi connectivity index (χ4n) is 1.54. The molecule has 0 aliphatic rings. The maximum Gasteiger partial charge on any atom is 0.191 e. The van der Waals surface area contributed by atoms with Gasteiger partial charge < -0.3 is 20.1 Å². The first-order valence-electron chi connectivity index (χ1n) is 6.38. The summed E-state index contributed by atoms with van der Waals surface area (Å²) in [6.07, 6.45) is 5.16. The Balaban J connectivity index is 2.43. The lowest BCUT2D eigenvalue weighted by molar-refractivity contribution is 0.223. The summed E-state index contributed by atoms with van der Waals surface area (Å²) in [5.41, 5.74) is 0. The van der Waals surface area contributed by atoms with E-state index in [-0.39, 0.29) is 6.10 Å². The van der Waals surface area contributed by atoms with Gasteiger partial charge >= 0.3 is 0 Å². The Morgan fingerprint density at radius 2 is 2.15 bits per heavy atom. The van der Waals surface area contributed by atoms with Crippen LogP contribution >= 0.6 is 0 Å². The van der Waals surface area contributed by atoms with Crippen LogP contribution in [0.3, 0.4) is 0 Å². The molecule has 0 fully saturated rings. The third-order valence-electron chi connectivity index (χ3n) is 2.52. The fourth-order valence-corrected chi connectivity index (χ4v) is 1.54. The van der Waals surface area contributed by atoms with E-state index in [1.165, 1.54) is 0 Å². The maximum absolute atomic E-state index is 5.79. The molecular weight excluding hydrogens is 254 g/mol. The zero-order valence-corrected chi connectivity index (χ0v) is 12.1. The molecule has 0 bridgehead atoms. The van der Waals surface area contributed by atoms with Crippen molar-refractivity contribution >= 4 is 5.96 Å². The van der Waals surface area contributed by atoms with Gasteiger partial charge in [0.05, 0.1) is 20.2 Å². The number of guanidine groups is 1. The molecule has 108 valence electrons. The number of benzene rings is 1. The first-order chi connectivity index (χ1) is 9.69. The number of hydrogen-bond donors (Lipinski definition) is 2. The minimum Gasteiger partial charge on any atom is -0.497 e. The fraction of sp³-hybridized carbons (Fsp3) is 0.400. The SMILES string of the molecule is C#CCNC(=NC)NCC(C)Oc1cccc(OC)c1. The maximum atomic E-state index is 5.79. The topological polar surface area (TPSA) is 54.9 Å². The normalized spacial score (nSPS) is 12.2. The highest BCUT2D eigenvalue weighted by Crippen LogP contribution is 2.19. The summed E-state index contributed by atoms with van der Waals surface area (Å²) in [6.45, 7) is 3.02. The van der Waals surface area contributed by atoms with Crippen molar-refractivity contribution in [3.8, 4) is 23.8 Å². The molecule has 0 aromatic heterocycles. The highest BCUT2D eigenvalue weighted by molar-refractivity contribution is 5.79. The number of nitrogens with zero attached hydrogens (tertiary/aromatic N) is 1. The second kappa shape index (κ2) is 8.70. The van der Waals surface area contributed by atoms with Gasteiger partial charge in [-0.25, -0.2) is 0 Å². The molecule has 1 unspecified atom stereocenters. The molecule has 0 aliphatic carbocycles. The van der Waals surface area contributed by atoms with Gasteiger partial charge in [0.25, 0.3) is 0 Å². The monoisotopic (exact) mass is 275 g/mol. The van der Waals surface area contributed by atoms with E-state index in [4.69, 9.17) is 15.9 Å². The van der Waals surface area contributed by atoms with Gasteiger partial charge in [-0.1, -0.05) is 12.0 Å². The van der Waals surface area contributed by atoms with Crippen molar-refractivity contribution in [3.05, 3.63) is 24.3 Å². The standard InChI is InChI=1S/C15H21N3O2/c1-5-9-17-15(16-3)18-11-12(2)20-14-8-6-7-13(10-14)19-4/h1,6-8,10,12H,9,11H2,2-4H3,(H2,16,17,18). The Hall–Kier alpha value is -2.35. The van der Waals surface area contributed by atoms with Crippen molar-refractivity contribution in [2.45, 2.75) is 13.0 Å². The van der Waals surface area contributed by atoms with E-state index in [2.05, 4.69) is 21.5 Å². The molecule has 0 heterocycles. The number of aliphatic imine (C=N–C) groups is 1. The molecule has 0 aliphatic heterocycles. The predicted octanol–water partition coefficient (Wildman–Crippen LogP) is 1.26. The van der Waals surface area contributed by atoms with E-state index in [0.29, 0.717) is 19.0 Å². The van der Waals surface area contributed by atoms with E-state index >= 15 is 0 Å². The van der Waals surface area contributed by atoms with Crippen LogP contribution in [0, 0.1) is 12.3 Å². The molecule has 2 N–H and O–H groups in total.